The maximum absolute atomic E-state index is 5.60. The van der Waals surface area contributed by atoms with Crippen LogP contribution in [0.1, 0.15) is 0 Å². The minimum atomic E-state index is 0.209. The molecule has 1 atom stereocenters. The predicted molar refractivity (Wildman–Crippen MR) is 54.7 cm³/mol. The van der Waals surface area contributed by atoms with Crippen molar-refractivity contribution in [3.8, 4) is 0 Å². The first kappa shape index (κ1) is 10.3. The average Bonchev–Trinajstić information content (AvgIpc) is 2.66. The molecule has 0 amide bonds. The van der Waals surface area contributed by atoms with Crippen LogP contribution < -0.4 is 10.2 Å². The lowest BCUT2D eigenvalue weighted by Gasteiger charge is -2.27. The Labute approximate surface area is 88.4 Å². The standard InChI is InChI=1S/C8H16N6O/c1-13(8-10-11-12-14(8)2)6-7-5-9-3-4-15-7/h7,9H,3-6H2,1-2H3. The summed E-state index contributed by atoms with van der Waals surface area (Å²) in [5.41, 5.74) is 0. The number of aromatic nitrogens is 4. The monoisotopic (exact) mass is 212 g/mol. The summed E-state index contributed by atoms with van der Waals surface area (Å²) in [4.78, 5) is 2.00. The van der Waals surface area contributed by atoms with Crippen molar-refractivity contribution in [3.05, 3.63) is 0 Å². The summed E-state index contributed by atoms with van der Waals surface area (Å²) in [6, 6.07) is 0. The lowest BCUT2D eigenvalue weighted by Crippen LogP contribution is -2.44. The van der Waals surface area contributed by atoms with Gasteiger partial charge < -0.3 is 15.0 Å². The van der Waals surface area contributed by atoms with E-state index >= 15 is 0 Å². The minimum absolute atomic E-state index is 0.209. The van der Waals surface area contributed by atoms with Crippen LogP contribution in [0.3, 0.4) is 0 Å². The molecule has 1 aliphatic rings. The van der Waals surface area contributed by atoms with Gasteiger partial charge in [-0.3, -0.25) is 0 Å². The van der Waals surface area contributed by atoms with Gasteiger partial charge in [0.2, 0.25) is 5.95 Å². The summed E-state index contributed by atoms with van der Waals surface area (Å²) < 4.78 is 7.25. The molecule has 7 nitrogen and oxygen atoms in total. The minimum Gasteiger partial charge on any atom is -0.374 e. The Morgan fingerprint density at radius 1 is 1.67 bits per heavy atom. The van der Waals surface area contributed by atoms with Gasteiger partial charge in [-0.2, -0.15) is 0 Å². The summed E-state index contributed by atoms with van der Waals surface area (Å²) in [5, 5.41) is 14.6. The third-order valence-corrected chi connectivity index (χ3v) is 2.42. The second-order valence-electron chi connectivity index (χ2n) is 3.68. The molecule has 0 bridgehead atoms. The fraction of sp³-hybridized carbons (Fsp3) is 0.875. The van der Waals surface area contributed by atoms with Crippen LogP contribution >= 0.6 is 0 Å². The van der Waals surface area contributed by atoms with Crippen LogP contribution in [0.5, 0.6) is 0 Å². The number of hydrogen-bond acceptors (Lipinski definition) is 6. The number of aryl methyl sites for hydroxylation is 1. The Kier molecular flexibility index (Phi) is 3.12. The van der Waals surface area contributed by atoms with Gasteiger partial charge in [0.25, 0.3) is 0 Å². The summed E-state index contributed by atoms with van der Waals surface area (Å²) in [6.45, 7) is 3.39. The molecule has 0 saturated carbocycles. The first-order valence-electron chi connectivity index (χ1n) is 5.03. The predicted octanol–water partition coefficient (Wildman–Crippen LogP) is -1.37. The highest BCUT2D eigenvalue weighted by Crippen LogP contribution is 2.06. The zero-order valence-electron chi connectivity index (χ0n) is 9.05. The normalized spacial score (nSPS) is 21.6. The van der Waals surface area contributed by atoms with Crippen molar-refractivity contribution in [1.82, 2.24) is 25.5 Å². The molecule has 15 heavy (non-hydrogen) atoms. The van der Waals surface area contributed by atoms with Crippen molar-refractivity contribution in [3.63, 3.8) is 0 Å². The van der Waals surface area contributed by atoms with Gasteiger partial charge in [0.15, 0.2) is 0 Å². The third kappa shape index (κ3) is 2.42. The molecule has 1 fully saturated rings. The van der Waals surface area contributed by atoms with Crippen LogP contribution in [0.4, 0.5) is 5.95 Å². The molecule has 1 unspecified atom stereocenters. The molecule has 0 aliphatic carbocycles. The Hall–Kier alpha value is -1.21. The van der Waals surface area contributed by atoms with Crippen molar-refractivity contribution >= 4 is 5.95 Å². The van der Waals surface area contributed by atoms with Gasteiger partial charge in [0.1, 0.15) is 0 Å². The highest BCUT2D eigenvalue weighted by molar-refractivity contribution is 5.25. The molecule has 0 spiro atoms. The van der Waals surface area contributed by atoms with Crippen LogP contribution in [0.15, 0.2) is 0 Å². The average molecular weight is 212 g/mol. The van der Waals surface area contributed by atoms with E-state index in [1.165, 1.54) is 0 Å². The fourth-order valence-electron chi connectivity index (χ4n) is 1.67. The molecule has 7 heteroatoms. The second kappa shape index (κ2) is 4.54. The topological polar surface area (TPSA) is 68.1 Å². The molecule has 1 aromatic heterocycles. The molecule has 0 radical (unpaired) electrons. The largest absolute Gasteiger partial charge is 0.374 e. The van der Waals surface area contributed by atoms with E-state index in [4.69, 9.17) is 4.74 Å². The quantitative estimate of drug-likeness (QED) is 0.667. The summed E-state index contributed by atoms with van der Waals surface area (Å²) in [6.07, 6.45) is 0.209. The van der Waals surface area contributed by atoms with Crippen LogP contribution in [-0.2, 0) is 11.8 Å². The van der Waals surface area contributed by atoms with E-state index < -0.39 is 0 Å². The van der Waals surface area contributed by atoms with E-state index in [0.717, 1.165) is 32.2 Å². The van der Waals surface area contributed by atoms with Gasteiger partial charge in [0, 0.05) is 33.7 Å². The van der Waals surface area contributed by atoms with Gasteiger partial charge in [-0.1, -0.05) is 5.10 Å². The highest BCUT2D eigenvalue weighted by atomic mass is 16.5. The van der Waals surface area contributed by atoms with Crippen LogP contribution in [0, 0.1) is 0 Å². The fourth-order valence-corrected chi connectivity index (χ4v) is 1.67. The maximum atomic E-state index is 5.60. The van der Waals surface area contributed by atoms with Gasteiger partial charge in [-0.15, -0.1) is 0 Å². The molecule has 2 rings (SSSR count). The van der Waals surface area contributed by atoms with Crippen LogP contribution in [-0.4, -0.2) is 59.6 Å². The van der Waals surface area contributed by atoms with Crippen LogP contribution in [0.25, 0.3) is 0 Å². The van der Waals surface area contributed by atoms with E-state index in [1.54, 1.807) is 4.68 Å². The second-order valence-corrected chi connectivity index (χ2v) is 3.68. The van der Waals surface area contributed by atoms with Crippen molar-refractivity contribution in [1.29, 1.82) is 0 Å². The summed E-state index contributed by atoms with van der Waals surface area (Å²) in [5.74, 6) is 0.754. The van der Waals surface area contributed by atoms with E-state index in [0.29, 0.717) is 0 Å². The number of nitrogens with one attached hydrogen (secondary N) is 1. The Morgan fingerprint density at radius 3 is 3.13 bits per heavy atom. The Balaban J connectivity index is 1.91. The molecule has 1 aliphatic heterocycles. The molecule has 1 N–H and O–H groups in total. The SMILES string of the molecule is CN(CC1CNCCO1)c1nnnn1C. The van der Waals surface area contributed by atoms with Crippen molar-refractivity contribution < 1.29 is 4.74 Å². The number of tetrazole rings is 1. The number of rotatable bonds is 3. The molecule has 0 aromatic carbocycles. The zero-order valence-corrected chi connectivity index (χ0v) is 9.05. The van der Waals surface area contributed by atoms with Crippen LogP contribution in [0.2, 0.25) is 0 Å². The Morgan fingerprint density at radius 2 is 2.53 bits per heavy atom. The van der Waals surface area contributed by atoms with E-state index in [2.05, 4.69) is 20.8 Å². The summed E-state index contributed by atoms with van der Waals surface area (Å²) in [7, 11) is 3.79. The van der Waals surface area contributed by atoms with Crippen molar-refractivity contribution in [2.75, 3.05) is 38.2 Å². The molecular weight excluding hydrogens is 196 g/mol. The van der Waals surface area contributed by atoms with E-state index in [-0.39, 0.29) is 6.10 Å². The van der Waals surface area contributed by atoms with Crippen molar-refractivity contribution in [2.45, 2.75) is 6.10 Å². The Bertz CT molecular complexity index is 308. The number of hydrogen-bond donors (Lipinski definition) is 1. The van der Waals surface area contributed by atoms with Crippen molar-refractivity contribution in [2.24, 2.45) is 7.05 Å². The van der Waals surface area contributed by atoms with Gasteiger partial charge >= 0.3 is 0 Å². The van der Waals surface area contributed by atoms with Gasteiger partial charge in [-0.25, -0.2) is 4.68 Å². The molecule has 84 valence electrons. The lowest BCUT2D eigenvalue weighted by atomic mass is 10.3. The molecule has 2 heterocycles. The maximum Gasteiger partial charge on any atom is 0.245 e. The smallest absolute Gasteiger partial charge is 0.245 e. The van der Waals surface area contributed by atoms with Gasteiger partial charge in [0.05, 0.1) is 12.7 Å². The first-order valence-corrected chi connectivity index (χ1v) is 5.03. The molecule has 1 aromatic rings. The van der Waals surface area contributed by atoms with E-state index in [1.807, 2.05) is 19.0 Å². The third-order valence-electron chi connectivity index (χ3n) is 2.42. The van der Waals surface area contributed by atoms with E-state index in [9.17, 15) is 0 Å². The highest BCUT2D eigenvalue weighted by Gasteiger charge is 2.17. The first-order chi connectivity index (χ1) is 7.27. The lowest BCUT2D eigenvalue weighted by molar-refractivity contribution is 0.0338. The molecule has 1 saturated heterocycles. The number of likely N-dealkylation sites (N-methyl/N-ethyl adjacent to an activating group) is 1. The zero-order chi connectivity index (χ0) is 10.7. The van der Waals surface area contributed by atoms with Gasteiger partial charge in [-0.05, 0) is 10.4 Å². The number of nitrogens with zero attached hydrogens (tertiary/aromatic N) is 5. The molecular formula is C8H16N6O. The number of anilines is 1. The number of morpholine rings is 1. The number of ether oxygens (including phenoxy) is 1. The summed E-state index contributed by atoms with van der Waals surface area (Å²) >= 11 is 0.